The number of nitrogens with zero attached hydrogens (tertiary/aromatic N) is 1. The highest BCUT2D eigenvalue weighted by Gasteiger charge is 2.19. The third kappa shape index (κ3) is 5.26. The maximum absolute atomic E-state index is 12.2. The highest BCUT2D eigenvalue weighted by molar-refractivity contribution is 6.39. The van der Waals surface area contributed by atoms with Gasteiger partial charge in [-0.25, -0.2) is 0 Å². The number of rotatable bonds is 9. The summed E-state index contributed by atoms with van der Waals surface area (Å²) in [6.45, 7) is 6.84. The zero-order valence-corrected chi connectivity index (χ0v) is 16.4. The molecule has 0 aliphatic rings. The van der Waals surface area contributed by atoms with E-state index in [1.807, 2.05) is 29.2 Å². The fraction of sp³-hybridized carbons (Fsp3) is 0.286. The van der Waals surface area contributed by atoms with E-state index in [4.69, 9.17) is 27.9 Å². The summed E-state index contributed by atoms with van der Waals surface area (Å²) in [5.41, 5.74) is 2.41. The van der Waals surface area contributed by atoms with E-state index in [1.54, 1.807) is 24.3 Å². The van der Waals surface area contributed by atoms with Crippen LogP contribution in [0.5, 0.6) is 0 Å². The first-order valence-corrected chi connectivity index (χ1v) is 9.40. The van der Waals surface area contributed by atoms with Crippen LogP contribution < -0.4 is 4.90 Å². The Morgan fingerprint density at radius 3 is 2.50 bits per heavy atom. The molecule has 0 radical (unpaired) electrons. The third-order valence-electron chi connectivity index (χ3n) is 3.90. The highest BCUT2D eigenvalue weighted by atomic mass is 35.5. The number of halogens is 2. The third-order valence-corrected chi connectivity index (χ3v) is 4.51. The van der Waals surface area contributed by atoms with Gasteiger partial charge in [-0.3, -0.25) is 4.79 Å². The average molecular weight is 392 g/mol. The molecule has 0 bridgehead atoms. The van der Waals surface area contributed by atoms with Gasteiger partial charge in [0.15, 0.2) is 0 Å². The Kier molecular flexibility index (Phi) is 8.02. The Bertz CT molecular complexity index is 741. The highest BCUT2D eigenvalue weighted by Crippen LogP contribution is 2.39. The second-order valence-corrected chi connectivity index (χ2v) is 6.66. The summed E-state index contributed by atoms with van der Waals surface area (Å²) in [6.07, 6.45) is 3.82. The Morgan fingerprint density at radius 2 is 1.85 bits per heavy atom. The van der Waals surface area contributed by atoms with Crippen molar-refractivity contribution < 1.29 is 9.53 Å². The maximum atomic E-state index is 12.2. The summed E-state index contributed by atoms with van der Waals surface area (Å²) in [4.78, 5) is 14.1. The summed E-state index contributed by atoms with van der Waals surface area (Å²) in [5.74, 6) is -0.241. The van der Waals surface area contributed by atoms with Crippen LogP contribution in [0.2, 0.25) is 10.0 Å². The van der Waals surface area contributed by atoms with E-state index in [1.165, 1.54) is 0 Å². The quantitative estimate of drug-likeness (QED) is 0.289. The van der Waals surface area contributed by atoms with Gasteiger partial charge >= 0.3 is 5.97 Å². The number of carbonyl (C=O) groups excluding carboxylic acids is 1. The number of para-hydroxylation sites is 2. The number of anilines is 2. The molecule has 0 saturated carbocycles. The smallest absolute Gasteiger partial charge is 0.310 e. The second-order valence-electron chi connectivity index (χ2n) is 5.85. The molecule has 3 nitrogen and oxygen atoms in total. The van der Waals surface area contributed by atoms with Crippen molar-refractivity contribution in [3.8, 4) is 0 Å². The number of hydrogen-bond acceptors (Lipinski definition) is 3. The molecule has 0 N–H and O–H groups in total. The predicted molar refractivity (Wildman–Crippen MR) is 110 cm³/mol. The normalized spacial score (nSPS) is 10.4. The van der Waals surface area contributed by atoms with Gasteiger partial charge in [0.2, 0.25) is 0 Å². The summed E-state index contributed by atoms with van der Waals surface area (Å²) < 4.78 is 5.30. The molecular weight excluding hydrogens is 369 g/mol. The van der Waals surface area contributed by atoms with Crippen LogP contribution in [0.1, 0.15) is 25.3 Å². The molecule has 0 spiro atoms. The van der Waals surface area contributed by atoms with Gasteiger partial charge in [0.1, 0.15) is 0 Å². The van der Waals surface area contributed by atoms with E-state index >= 15 is 0 Å². The molecule has 5 heteroatoms. The molecule has 0 saturated heterocycles. The first-order valence-electron chi connectivity index (χ1n) is 8.64. The number of ether oxygens (including phenoxy) is 1. The van der Waals surface area contributed by atoms with Crippen LogP contribution in [0, 0.1) is 0 Å². The number of hydrogen-bond donors (Lipinski definition) is 0. The molecule has 0 amide bonds. The lowest BCUT2D eigenvalue weighted by Crippen LogP contribution is -2.20. The molecule has 0 aromatic heterocycles. The van der Waals surface area contributed by atoms with E-state index in [2.05, 4.69) is 13.5 Å². The molecule has 2 aromatic rings. The van der Waals surface area contributed by atoms with Gasteiger partial charge in [0.25, 0.3) is 0 Å². The van der Waals surface area contributed by atoms with Gasteiger partial charge in [-0.05, 0) is 30.2 Å². The van der Waals surface area contributed by atoms with Crippen LogP contribution in [0.25, 0.3) is 0 Å². The van der Waals surface area contributed by atoms with Gasteiger partial charge in [0, 0.05) is 12.2 Å². The van der Waals surface area contributed by atoms with Gasteiger partial charge in [-0.1, -0.05) is 66.9 Å². The van der Waals surface area contributed by atoms with E-state index in [-0.39, 0.29) is 12.4 Å². The maximum Gasteiger partial charge on any atom is 0.310 e. The average Bonchev–Trinajstić information content (AvgIpc) is 2.61. The van der Waals surface area contributed by atoms with Crippen LogP contribution in [0.15, 0.2) is 55.1 Å². The lowest BCUT2D eigenvalue weighted by molar-refractivity contribution is -0.142. The van der Waals surface area contributed by atoms with Crippen molar-refractivity contribution in [3.05, 3.63) is 70.7 Å². The monoisotopic (exact) mass is 391 g/mol. The minimum atomic E-state index is -0.241. The van der Waals surface area contributed by atoms with Gasteiger partial charge in [-0.15, -0.1) is 6.58 Å². The minimum absolute atomic E-state index is 0.190. The van der Waals surface area contributed by atoms with Crippen LogP contribution in [-0.4, -0.2) is 19.1 Å². The van der Waals surface area contributed by atoms with Gasteiger partial charge in [-0.2, -0.15) is 0 Å². The Labute approximate surface area is 165 Å². The predicted octanol–water partition coefficient (Wildman–Crippen LogP) is 6.20. The topological polar surface area (TPSA) is 29.5 Å². The van der Waals surface area contributed by atoms with Crippen LogP contribution >= 0.6 is 23.2 Å². The van der Waals surface area contributed by atoms with E-state index in [0.29, 0.717) is 28.9 Å². The molecule has 0 atom stereocenters. The fourth-order valence-electron chi connectivity index (χ4n) is 2.65. The lowest BCUT2D eigenvalue weighted by atomic mass is 10.1. The zero-order chi connectivity index (χ0) is 18.9. The number of unbranched alkanes of at least 4 members (excludes halogenated alkanes) is 1. The van der Waals surface area contributed by atoms with E-state index < -0.39 is 0 Å². The Hall–Kier alpha value is -1.97. The molecular formula is C21H23Cl2NO2. The molecule has 0 aliphatic heterocycles. The number of carbonyl (C=O) groups is 1. The van der Waals surface area contributed by atoms with E-state index in [0.717, 1.165) is 24.1 Å². The van der Waals surface area contributed by atoms with E-state index in [9.17, 15) is 4.79 Å². The van der Waals surface area contributed by atoms with Crippen molar-refractivity contribution in [2.45, 2.75) is 26.2 Å². The van der Waals surface area contributed by atoms with Crippen molar-refractivity contribution in [3.63, 3.8) is 0 Å². The minimum Gasteiger partial charge on any atom is -0.465 e. The largest absolute Gasteiger partial charge is 0.465 e. The second kappa shape index (κ2) is 10.2. The molecule has 0 heterocycles. The summed E-state index contributed by atoms with van der Waals surface area (Å²) in [5, 5.41) is 1.08. The van der Waals surface area contributed by atoms with Crippen molar-refractivity contribution in [2.75, 3.05) is 18.1 Å². The summed E-state index contributed by atoms with van der Waals surface area (Å²) in [7, 11) is 0. The molecule has 2 aromatic carbocycles. The Balaban J connectivity index is 2.35. The molecule has 0 fully saturated rings. The van der Waals surface area contributed by atoms with Crippen molar-refractivity contribution >= 4 is 40.5 Å². The standard InChI is InChI=1S/C21H23Cl2NO2/c1-3-5-14-26-20(25)15-16-9-6-7-12-19(16)24(13-4-2)21-17(22)10-8-11-18(21)23/h4,6-12H,2-3,5,13-15H2,1H3. The molecule has 0 aliphatic carbocycles. The zero-order valence-electron chi connectivity index (χ0n) is 14.9. The Morgan fingerprint density at radius 1 is 1.15 bits per heavy atom. The van der Waals surface area contributed by atoms with Crippen molar-refractivity contribution in [2.24, 2.45) is 0 Å². The van der Waals surface area contributed by atoms with Crippen molar-refractivity contribution in [1.29, 1.82) is 0 Å². The van der Waals surface area contributed by atoms with Gasteiger partial charge in [0.05, 0.1) is 28.8 Å². The molecule has 2 rings (SSSR count). The molecule has 26 heavy (non-hydrogen) atoms. The lowest BCUT2D eigenvalue weighted by Gasteiger charge is -2.27. The van der Waals surface area contributed by atoms with Crippen LogP contribution in [-0.2, 0) is 16.0 Å². The summed E-state index contributed by atoms with van der Waals surface area (Å²) >= 11 is 12.8. The SMILES string of the molecule is C=CCN(c1ccccc1CC(=O)OCCCC)c1c(Cl)cccc1Cl. The molecule has 0 unspecified atom stereocenters. The number of esters is 1. The molecule has 138 valence electrons. The fourth-order valence-corrected chi connectivity index (χ4v) is 3.25. The van der Waals surface area contributed by atoms with Gasteiger partial charge < -0.3 is 9.64 Å². The summed E-state index contributed by atoms with van der Waals surface area (Å²) in [6, 6.07) is 13.1. The first-order chi connectivity index (χ1) is 12.6. The first kappa shape index (κ1) is 20.3. The van der Waals surface area contributed by atoms with Crippen LogP contribution in [0.4, 0.5) is 11.4 Å². The van der Waals surface area contributed by atoms with Crippen molar-refractivity contribution in [1.82, 2.24) is 0 Å². The van der Waals surface area contributed by atoms with Crippen LogP contribution in [0.3, 0.4) is 0 Å². The number of benzene rings is 2.